The van der Waals surface area contributed by atoms with E-state index in [1.807, 2.05) is 0 Å². The second-order valence-electron chi connectivity index (χ2n) is 7.12. The van der Waals surface area contributed by atoms with Gasteiger partial charge in [0.1, 0.15) is 11.6 Å². The molecule has 0 radical (unpaired) electrons. The Bertz CT molecular complexity index is 1080. The average Bonchev–Trinajstić information content (AvgIpc) is 2.83. The number of benzene rings is 2. The van der Waals surface area contributed by atoms with Gasteiger partial charge in [-0.15, -0.1) is 0 Å². The summed E-state index contributed by atoms with van der Waals surface area (Å²) in [6, 6.07) is 6.40. The van der Waals surface area contributed by atoms with Crippen LogP contribution in [0, 0.1) is 11.6 Å². The summed E-state index contributed by atoms with van der Waals surface area (Å²) in [5.74, 6) is -4.31. The maximum Gasteiger partial charge on any atom is 0.324 e. The summed E-state index contributed by atoms with van der Waals surface area (Å²) in [6.07, 6.45) is -3.34. The number of amides is 4. The van der Waals surface area contributed by atoms with Gasteiger partial charge in [-0.2, -0.15) is 8.78 Å². The number of rotatable bonds is 5. The highest BCUT2D eigenvalue weighted by Crippen LogP contribution is 2.26. The predicted octanol–water partition coefficient (Wildman–Crippen LogP) is 3.10. The molecular weight excluding hydrogens is 484 g/mol. The van der Waals surface area contributed by atoms with Gasteiger partial charge in [-0.25, -0.2) is 13.6 Å². The molecule has 0 bridgehead atoms. The molecule has 0 aliphatic carbocycles. The van der Waals surface area contributed by atoms with Crippen molar-refractivity contribution >= 4 is 35.1 Å². The third kappa shape index (κ3) is 6.14. The first-order valence-electron chi connectivity index (χ1n) is 9.93. The monoisotopic (exact) mass is 502 g/mol. The standard InChI is InChI=1S/C21H19ClF4N4O4/c22-15-10-14(3-4-16(15)23)30(21(33)29-5-7-34-8-6-29)11-13-2-1-12(9-17(13)24)19(31)27-28-20(32)18(25)26/h1-4,9-10,18H,5-8,11H2,(H,27,31)(H,28,32). The Hall–Kier alpha value is -3.38. The van der Waals surface area contributed by atoms with Crippen LogP contribution in [0.3, 0.4) is 0 Å². The van der Waals surface area contributed by atoms with Gasteiger partial charge in [-0.3, -0.25) is 25.3 Å². The lowest BCUT2D eigenvalue weighted by Gasteiger charge is -2.33. The van der Waals surface area contributed by atoms with Crippen LogP contribution >= 0.6 is 11.6 Å². The van der Waals surface area contributed by atoms with Crippen LogP contribution in [-0.4, -0.2) is 55.5 Å². The van der Waals surface area contributed by atoms with Gasteiger partial charge in [-0.1, -0.05) is 17.7 Å². The zero-order chi connectivity index (χ0) is 24.8. The summed E-state index contributed by atoms with van der Waals surface area (Å²) in [5.41, 5.74) is 3.23. The van der Waals surface area contributed by atoms with Gasteiger partial charge in [-0.05, 0) is 30.3 Å². The number of hydrazine groups is 1. The number of nitrogens with zero attached hydrogens (tertiary/aromatic N) is 2. The van der Waals surface area contributed by atoms with E-state index in [2.05, 4.69) is 0 Å². The van der Waals surface area contributed by atoms with Crippen LogP contribution in [0.5, 0.6) is 0 Å². The third-order valence-corrected chi connectivity index (χ3v) is 5.16. The summed E-state index contributed by atoms with van der Waals surface area (Å²) < 4.78 is 58.1. The predicted molar refractivity (Wildman–Crippen MR) is 113 cm³/mol. The van der Waals surface area contributed by atoms with Crippen molar-refractivity contribution in [1.29, 1.82) is 0 Å². The first kappa shape index (κ1) is 25.2. The van der Waals surface area contributed by atoms with E-state index in [-0.39, 0.29) is 28.4 Å². The molecule has 13 heteroatoms. The number of alkyl halides is 2. The number of anilines is 1. The molecule has 1 aliphatic heterocycles. The number of hydrogen-bond donors (Lipinski definition) is 2. The van der Waals surface area contributed by atoms with Crippen LogP contribution in [-0.2, 0) is 16.1 Å². The summed E-state index contributed by atoms with van der Waals surface area (Å²) >= 11 is 5.87. The minimum Gasteiger partial charge on any atom is -0.378 e. The Balaban J connectivity index is 1.82. The van der Waals surface area contributed by atoms with E-state index in [0.717, 1.165) is 12.1 Å². The fourth-order valence-corrected chi connectivity index (χ4v) is 3.25. The SMILES string of the molecule is O=C(NNC(=O)C(F)F)c1ccc(CN(C(=O)N2CCOCC2)c2ccc(F)c(Cl)c2)c(F)c1. The molecule has 2 aromatic rings. The van der Waals surface area contributed by atoms with Crippen molar-refractivity contribution < 1.29 is 36.7 Å². The number of carbonyl (C=O) groups excluding carboxylic acids is 3. The van der Waals surface area contributed by atoms with Gasteiger partial charge in [0.15, 0.2) is 0 Å². The Morgan fingerprint density at radius 2 is 1.74 bits per heavy atom. The fraction of sp³-hybridized carbons (Fsp3) is 0.286. The molecule has 34 heavy (non-hydrogen) atoms. The Kier molecular flexibility index (Phi) is 8.29. The fourth-order valence-electron chi connectivity index (χ4n) is 3.08. The summed E-state index contributed by atoms with van der Waals surface area (Å²) in [5, 5.41) is -0.226. The molecule has 1 heterocycles. The van der Waals surface area contributed by atoms with Gasteiger partial charge in [0.25, 0.3) is 5.91 Å². The molecule has 3 rings (SSSR count). The topological polar surface area (TPSA) is 91.0 Å². The number of carbonyl (C=O) groups is 3. The van der Waals surface area contributed by atoms with Crippen LogP contribution in [0.4, 0.5) is 28.0 Å². The second kappa shape index (κ2) is 11.2. The van der Waals surface area contributed by atoms with E-state index in [9.17, 15) is 31.9 Å². The molecule has 1 fully saturated rings. The highest BCUT2D eigenvalue weighted by Gasteiger charge is 2.26. The zero-order valence-corrected chi connectivity index (χ0v) is 18.3. The van der Waals surface area contributed by atoms with Gasteiger partial charge in [0.2, 0.25) is 0 Å². The van der Waals surface area contributed by atoms with Crippen LogP contribution in [0.15, 0.2) is 36.4 Å². The first-order valence-corrected chi connectivity index (χ1v) is 10.3. The smallest absolute Gasteiger partial charge is 0.324 e. The first-order chi connectivity index (χ1) is 16.2. The molecule has 1 saturated heterocycles. The normalized spacial score (nSPS) is 13.5. The molecule has 0 unspecified atom stereocenters. The van der Waals surface area contributed by atoms with Crippen molar-refractivity contribution in [3.05, 3.63) is 64.2 Å². The number of hydrogen-bond acceptors (Lipinski definition) is 4. The summed E-state index contributed by atoms with van der Waals surface area (Å²) in [7, 11) is 0. The van der Waals surface area contributed by atoms with Crippen LogP contribution in [0.25, 0.3) is 0 Å². The van der Waals surface area contributed by atoms with Crippen LogP contribution in [0.1, 0.15) is 15.9 Å². The van der Waals surface area contributed by atoms with E-state index in [0.29, 0.717) is 26.3 Å². The zero-order valence-electron chi connectivity index (χ0n) is 17.5. The molecule has 0 atom stereocenters. The Labute approximate surface area is 196 Å². The molecule has 0 saturated carbocycles. The Morgan fingerprint density at radius 1 is 1.03 bits per heavy atom. The van der Waals surface area contributed by atoms with Crippen molar-refractivity contribution in [3.63, 3.8) is 0 Å². The lowest BCUT2D eigenvalue weighted by atomic mass is 10.1. The second-order valence-corrected chi connectivity index (χ2v) is 7.52. The number of urea groups is 1. The van der Waals surface area contributed by atoms with Gasteiger partial charge in [0, 0.05) is 29.9 Å². The quantitative estimate of drug-likeness (QED) is 0.485. The molecule has 4 amide bonds. The molecule has 8 nitrogen and oxygen atoms in total. The van der Waals surface area contributed by atoms with Gasteiger partial charge in [0.05, 0.1) is 24.8 Å². The maximum atomic E-state index is 14.8. The molecular formula is C21H19ClF4N4O4. The molecule has 0 aromatic heterocycles. The highest BCUT2D eigenvalue weighted by molar-refractivity contribution is 6.31. The maximum absolute atomic E-state index is 14.8. The van der Waals surface area contributed by atoms with Crippen LogP contribution < -0.4 is 15.8 Å². The molecule has 1 aliphatic rings. The summed E-state index contributed by atoms with van der Waals surface area (Å²) in [6.45, 7) is 0.967. The van der Waals surface area contributed by atoms with E-state index < -0.39 is 35.9 Å². The van der Waals surface area contributed by atoms with E-state index in [4.69, 9.17) is 16.3 Å². The van der Waals surface area contributed by atoms with Crippen molar-refractivity contribution in [2.75, 3.05) is 31.2 Å². The van der Waals surface area contributed by atoms with Gasteiger partial charge >= 0.3 is 18.4 Å². The van der Waals surface area contributed by atoms with Crippen molar-refractivity contribution in [1.82, 2.24) is 15.8 Å². The average molecular weight is 503 g/mol. The minimum atomic E-state index is -3.34. The lowest BCUT2D eigenvalue weighted by molar-refractivity contribution is -0.132. The lowest BCUT2D eigenvalue weighted by Crippen LogP contribution is -2.48. The number of halogens is 5. The number of ether oxygens (including phenoxy) is 1. The van der Waals surface area contributed by atoms with E-state index in [1.165, 1.54) is 39.5 Å². The van der Waals surface area contributed by atoms with E-state index >= 15 is 0 Å². The van der Waals surface area contributed by atoms with E-state index in [1.54, 1.807) is 5.43 Å². The highest BCUT2D eigenvalue weighted by atomic mass is 35.5. The molecule has 2 N–H and O–H groups in total. The molecule has 2 aromatic carbocycles. The number of nitrogens with one attached hydrogen (secondary N) is 2. The van der Waals surface area contributed by atoms with Gasteiger partial charge < -0.3 is 9.64 Å². The van der Waals surface area contributed by atoms with Crippen LogP contribution in [0.2, 0.25) is 5.02 Å². The summed E-state index contributed by atoms with van der Waals surface area (Å²) in [4.78, 5) is 38.7. The minimum absolute atomic E-state index is 0.00947. The molecule has 0 spiro atoms. The van der Waals surface area contributed by atoms with Crippen molar-refractivity contribution in [2.24, 2.45) is 0 Å². The van der Waals surface area contributed by atoms with Crippen molar-refractivity contribution in [2.45, 2.75) is 13.0 Å². The largest absolute Gasteiger partial charge is 0.378 e. The number of morpholine rings is 1. The van der Waals surface area contributed by atoms with Crippen molar-refractivity contribution in [3.8, 4) is 0 Å². The Morgan fingerprint density at radius 3 is 2.35 bits per heavy atom. The molecule has 182 valence electrons. The third-order valence-electron chi connectivity index (χ3n) is 4.87.